The molecule has 2 aliphatic heterocycles. The van der Waals surface area contributed by atoms with Crippen LogP contribution in [0.5, 0.6) is 0 Å². The number of amides is 1. The van der Waals surface area contributed by atoms with E-state index in [0.29, 0.717) is 30.8 Å². The zero-order chi connectivity index (χ0) is 25.2. The van der Waals surface area contributed by atoms with Crippen molar-refractivity contribution in [3.8, 4) is 0 Å². The number of likely N-dealkylation sites (tertiary alicyclic amines) is 1. The molecule has 1 amide bonds. The fourth-order valence-corrected chi connectivity index (χ4v) is 4.65. The van der Waals surface area contributed by atoms with Crippen molar-refractivity contribution in [2.45, 2.75) is 57.8 Å². The minimum absolute atomic E-state index is 0.0359. The summed E-state index contributed by atoms with van der Waals surface area (Å²) in [5, 5.41) is 10.6. The molecule has 4 rings (SSSR count). The highest BCUT2D eigenvalue weighted by Crippen LogP contribution is 2.31. The lowest BCUT2D eigenvalue weighted by Gasteiger charge is -2.41. The molecule has 0 spiro atoms. The van der Waals surface area contributed by atoms with Crippen molar-refractivity contribution in [2.24, 2.45) is 16.0 Å². The van der Waals surface area contributed by atoms with Crippen LogP contribution in [0.3, 0.4) is 0 Å². The van der Waals surface area contributed by atoms with Crippen molar-refractivity contribution in [2.75, 3.05) is 18.9 Å². The third-order valence-corrected chi connectivity index (χ3v) is 6.54. The predicted octanol–water partition coefficient (Wildman–Crippen LogP) is 3.91. The molecule has 3 heterocycles. The molecule has 0 saturated carbocycles. The summed E-state index contributed by atoms with van der Waals surface area (Å²) in [5.74, 6) is -2.65. The Hall–Kier alpha value is -3.47. The number of fused-ring (bicyclic) bond motifs is 1. The average Bonchev–Trinajstić information content (AvgIpc) is 3.25. The summed E-state index contributed by atoms with van der Waals surface area (Å²) < 4.78 is 26.9. The molecule has 2 aromatic rings. The second kappa shape index (κ2) is 10.0. The van der Waals surface area contributed by atoms with E-state index in [1.54, 1.807) is 17.0 Å². The van der Waals surface area contributed by atoms with Crippen molar-refractivity contribution in [3.63, 3.8) is 0 Å². The number of aromatic nitrogens is 2. The lowest BCUT2D eigenvalue weighted by molar-refractivity contribution is -0.131. The number of alkyl halides is 2. The van der Waals surface area contributed by atoms with E-state index < -0.39 is 5.92 Å². The van der Waals surface area contributed by atoms with E-state index in [-0.39, 0.29) is 23.2 Å². The molecule has 11 heteroatoms. The van der Waals surface area contributed by atoms with Gasteiger partial charge in [0.1, 0.15) is 0 Å². The summed E-state index contributed by atoms with van der Waals surface area (Å²) in [6.45, 7) is 4.96. The van der Waals surface area contributed by atoms with Gasteiger partial charge in [-0.05, 0) is 31.9 Å². The average molecular weight is 485 g/mol. The topological polar surface area (TPSA) is 112 Å². The van der Waals surface area contributed by atoms with E-state index >= 15 is 0 Å². The monoisotopic (exact) mass is 484 g/mol. The minimum atomic E-state index is -2.88. The molecule has 1 saturated heterocycles. The van der Waals surface area contributed by atoms with Gasteiger partial charge in [-0.15, -0.1) is 5.11 Å². The molecule has 0 radical (unpaired) electrons. The van der Waals surface area contributed by atoms with E-state index in [1.807, 2.05) is 13.1 Å². The molecule has 9 nitrogen and oxygen atoms in total. The van der Waals surface area contributed by atoms with Crippen LogP contribution in [0.4, 0.5) is 20.4 Å². The van der Waals surface area contributed by atoms with Gasteiger partial charge >= 0.3 is 0 Å². The number of halogens is 2. The first-order chi connectivity index (χ1) is 16.7. The first-order valence-corrected chi connectivity index (χ1v) is 11.6. The van der Waals surface area contributed by atoms with Gasteiger partial charge in [-0.1, -0.05) is 12.1 Å². The van der Waals surface area contributed by atoms with E-state index in [9.17, 15) is 13.6 Å². The number of rotatable bonds is 6. The highest BCUT2D eigenvalue weighted by atomic mass is 19.3. The Labute approximate surface area is 203 Å². The van der Waals surface area contributed by atoms with Gasteiger partial charge in [0.05, 0.1) is 5.69 Å². The van der Waals surface area contributed by atoms with E-state index in [0.717, 1.165) is 37.6 Å². The van der Waals surface area contributed by atoms with Gasteiger partial charge in [-0.2, -0.15) is 5.11 Å². The van der Waals surface area contributed by atoms with E-state index in [2.05, 4.69) is 30.4 Å². The van der Waals surface area contributed by atoms with Crippen molar-refractivity contribution < 1.29 is 13.6 Å². The summed E-state index contributed by atoms with van der Waals surface area (Å²) in [6.07, 6.45) is 4.67. The van der Waals surface area contributed by atoms with E-state index in [4.69, 9.17) is 5.73 Å². The number of hydrogen-bond donors (Lipinski definition) is 2. The van der Waals surface area contributed by atoms with Crippen molar-refractivity contribution in [1.82, 2.24) is 19.8 Å². The van der Waals surface area contributed by atoms with Gasteiger partial charge < -0.3 is 16.0 Å². The molecule has 35 heavy (non-hydrogen) atoms. The number of nitrogens with one attached hydrogen (secondary N) is 1. The second-order valence-corrected chi connectivity index (χ2v) is 9.04. The van der Waals surface area contributed by atoms with Crippen LogP contribution >= 0.6 is 0 Å². The lowest BCUT2D eigenvalue weighted by atomic mass is 9.96. The van der Waals surface area contributed by atoms with Crippen LogP contribution < -0.4 is 11.1 Å². The lowest BCUT2D eigenvalue weighted by Crippen LogP contribution is -2.50. The van der Waals surface area contributed by atoms with Gasteiger partial charge in [-0.3, -0.25) is 9.69 Å². The standard InChI is InChI=1S/C24H30F2N8O/c1-15-10-19(8-9-34(15)22(35)20(11-27)32-28-3)33-13-16-12-29-23(31-21(16)14-33)30-18-6-4-17(5-7-18)24(2,25)26/h4-7,11-12,15,19H,8-10,13-14,27H2,1-3H3,(H,29,30,31)/b20-11-,32-28-/t15-,19-/m1/s1. The summed E-state index contributed by atoms with van der Waals surface area (Å²) in [5.41, 5.74) is 8.32. The molecular formula is C24H30F2N8O. The highest BCUT2D eigenvalue weighted by Gasteiger charge is 2.35. The number of benzene rings is 1. The summed E-state index contributed by atoms with van der Waals surface area (Å²) >= 11 is 0. The SMILES string of the molecule is C/N=N\C(=C/N)C(=O)N1CC[C@@H](N2Cc3cnc(Nc4ccc(C(C)(F)F)cc4)nc3C2)C[C@H]1C. The minimum Gasteiger partial charge on any atom is -0.403 e. The quantitative estimate of drug-likeness (QED) is 0.475. The van der Waals surface area contributed by atoms with Crippen molar-refractivity contribution in [3.05, 3.63) is 59.2 Å². The Kier molecular flexibility index (Phi) is 7.06. The number of nitrogens with zero attached hydrogens (tertiary/aromatic N) is 6. The van der Waals surface area contributed by atoms with Gasteiger partial charge in [0.15, 0.2) is 5.70 Å². The maximum absolute atomic E-state index is 13.4. The number of anilines is 2. The molecule has 2 aliphatic rings. The summed E-state index contributed by atoms with van der Waals surface area (Å²) in [7, 11) is 1.50. The zero-order valence-electron chi connectivity index (χ0n) is 20.1. The molecule has 1 aromatic heterocycles. The van der Waals surface area contributed by atoms with Gasteiger partial charge in [0, 0.05) is 74.9 Å². The number of carbonyl (C=O) groups excluding carboxylic acids is 1. The third-order valence-electron chi connectivity index (χ3n) is 6.54. The van der Waals surface area contributed by atoms with Crippen LogP contribution in [0.2, 0.25) is 0 Å². The Balaban J connectivity index is 1.37. The first-order valence-electron chi connectivity index (χ1n) is 11.6. The molecule has 3 N–H and O–H groups in total. The van der Waals surface area contributed by atoms with Crippen LogP contribution in [0, 0.1) is 0 Å². The van der Waals surface area contributed by atoms with E-state index in [1.165, 1.54) is 25.4 Å². The second-order valence-electron chi connectivity index (χ2n) is 9.04. The molecule has 2 atom stereocenters. The number of azo groups is 1. The van der Waals surface area contributed by atoms with Crippen LogP contribution in [0.25, 0.3) is 0 Å². The zero-order valence-corrected chi connectivity index (χ0v) is 20.1. The van der Waals surface area contributed by atoms with Gasteiger partial charge in [0.25, 0.3) is 11.8 Å². The maximum atomic E-state index is 13.4. The van der Waals surface area contributed by atoms with Gasteiger partial charge in [0.2, 0.25) is 5.95 Å². The number of nitrogens with two attached hydrogens (primary N) is 1. The van der Waals surface area contributed by atoms with Crippen LogP contribution in [0.1, 0.15) is 43.5 Å². The Morgan fingerprint density at radius 3 is 2.66 bits per heavy atom. The number of carbonyl (C=O) groups is 1. The summed E-state index contributed by atoms with van der Waals surface area (Å²) in [4.78, 5) is 26.0. The maximum Gasteiger partial charge on any atom is 0.276 e. The highest BCUT2D eigenvalue weighted by molar-refractivity contribution is 5.93. The Morgan fingerprint density at radius 1 is 1.29 bits per heavy atom. The Morgan fingerprint density at radius 2 is 2.03 bits per heavy atom. The molecule has 0 bridgehead atoms. The molecule has 1 aromatic carbocycles. The fraction of sp³-hybridized carbons (Fsp3) is 0.458. The molecule has 0 aliphatic carbocycles. The Bertz CT molecular complexity index is 1130. The predicted molar refractivity (Wildman–Crippen MR) is 128 cm³/mol. The number of hydrogen-bond acceptors (Lipinski definition) is 8. The van der Waals surface area contributed by atoms with Crippen LogP contribution in [0.15, 0.2) is 52.6 Å². The molecule has 186 valence electrons. The molecule has 1 fully saturated rings. The fourth-order valence-electron chi connectivity index (χ4n) is 4.65. The largest absolute Gasteiger partial charge is 0.403 e. The van der Waals surface area contributed by atoms with Crippen LogP contribution in [-0.4, -0.2) is 51.4 Å². The molecular weight excluding hydrogens is 454 g/mol. The smallest absolute Gasteiger partial charge is 0.276 e. The van der Waals surface area contributed by atoms with Gasteiger partial charge in [-0.25, -0.2) is 18.7 Å². The number of piperidine rings is 1. The normalized spacial score (nSPS) is 21.4. The summed E-state index contributed by atoms with van der Waals surface area (Å²) in [6, 6.07) is 6.33. The first kappa shape index (κ1) is 24.6. The van der Waals surface area contributed by atoms with Crippen LogP contribution in [-0.2, 0) is 23.8 Å². The third kappa shape index (κ3) is 5.45. The van der Waals surface area contributed by atoms with Crippen molar-refractivity contribution >= 4 is 17.5 Å². The molecule has 0 unspecified atom stereocenters. The van der Waals surface area contributed by atoms with Crippen molar-refractivity contribution in [1.29, 1.82) is 0 Å².